The third-order valence-corrected chi connectivity index (χ3v) is 2.81. The Morgan fingerprint density at radius 3 is 2.81 bits per heavy atom. The summed E-state index contributed by atoms with van der Waals surface area (Å²) in [7, 11) is 0. The summed E-state index contributed by atoms with van der Waals surface area (Å²) in [5.41, 5.74) is 6.77. The molecule has 0 fully saturated rings. The molecule has 0 aromatic carbocycles. The smallest absolute Gasteiger partial charge is 0.251 e. The van der Waals surface area contributed by atoms with Crippen molar-refractivity contribution in [2.45, 2.75) is 32.7 Å². The SMILES string of the molecule is CCC(C)(CN)NC(=O)c1ccnc(C)c1. The van der Waals surface area contributed by atoms with Crippen LogP contribution < -0.4 is 11.1 Å². The number of nitrogens with one attached hydrogen (secondary N) is 1. The van der Waals surface area contributed by atoms with Crippen molar-refractivity contribution in [2.75, 3.05) is 6.54 Å². The fourth-order valence-corrected chi connectivity index (χ4v) is 1.32. The number of nitrogens with zero attached hydrogens (tertiary/aromatic N) is 1. The van der Waals surface area contributed by atoms with Crippen molar-refractivity contribution in [3.63, 3.8) is 0 Å². The van der Waals surface area contributed by atoms with Crippen LogP contribution in [0.15, 0.2) is 18.3 Å². The zero-order valence-electron chi connectivity index (χ0n) is 10.1. The van der Waals surface area contributed by atoms with Gasteiger partial charge < -0.3 is 11.1 Å². The lowest BCUT2D eigenvalue weighted by molar-refractivity contribution is 0.0906. The van der Waals surface area contributed by atoms with Crippen LogP contribution in [-0.4, -0.2) is 23.0 Å². The molecule has 1 atom stereocenters. The van der Waals surface area contributed by atoms with Gasteiger partial charge in [-0.2, -0.15) is 0 Å². The average Bonchev–Trinajstić information content (AvgIpc) is 2.29. The van der Waals surface area contributed by atoms with E-state index < -0.39 is 0 Å². The van der Waals surface area contributed by atoms with Gasteiger partial charge in [-0.15, -0.1) is 0 Å². The molecular formula is C12H19N3O. The largest absolute Gasteiger partial charge is 0.346 e. The zero-order chi connectivity index (χ0) is 12.2. The second-order valence-corrected chi connectivity index (χ2v) is 4.26. The highest BCUT2D eigenvalue weighted by molar-refractivity contribution is 5.94. The number of amides is 1. The number of aromatic nitrogens is 1. The maximum absolute atomic E-state index is 11.9. The number of pyridine rings is 1. The van der Waals surface area contributed by atoms with Gasteiger partial charge in [0.25, 0.3) is 5.91 Å². The van der Waals surface area contributed by atoms with Crippen molar-refractivity contribution in [3.05, 3.63) is 29.6 Å². The van der Waals surface area contributed by atoms with Crippen molar-refractivity contribution in [2.24, 2.45) is 5.73 Å². The molecule has 0 aliphatic carbocycles. The van der Waals surface area contributed by atoms with Gasteiger partial charge in [-0.25, -0.2) is 0 Å². The van der Waals surface area contributed by atoms with E-state index in [0.717, 1.165) is 12.1 Å². The average molecular weight is 221 g/mol. The molecule has 16 heavy (non-hydrogen) atoms. The molecule has 1 aromatic rings. The summed E-state index contributed by atoms with van der Waals surface area (Å²) in [6, 6.07) is 3.47. The van der Waals surface area contributed by atoms with E-state index in [1.807, 2.05) is 20.8 Å². The maximum Gasteiger partial charge on any atom is 0.251 e. The number of carbonyl (C=O) groups excluding carboxylic acids is 1. The summed E-state index contributed by atoms with van der Waals surface area (Å²) in [6.45, 7) is 6.24. The molecule has 1 unspecified atom stereocenters. The van der Waals surface area contributed by atoms with E-state index in [0.29, 0.717) is 12.1 Å². The van der Waals surface area contributed by atoms with Crippen LogP contribution in [0.1, 0.15) is 36.3 Å². The van der Waals surface area contributed by atoms with Crippen molar-refractivity contribution < 1.29 is 4.79 Å². The van der Waals surface area contributed by atoms with Gasteiger partial charge in [-0.05, 0) is 32.4 Å². The van der Waals surface area contributed by atoms with Crippen LogP contribution in [0.25, 0.3) is 0 Å². The van der Waals surface area contributed by atoms with Crippen molar-refractivity contribution in [1.29, 1.82) is 0 Å². The molecule has 0 spiro atoms. The molecule has 88 valence electrons. The molecule has 4 heteroatoms. The number of hydrogen-bond donors (Lipinski definition) is 2. The first-order valence-corrected chi connectivity index (χ1v) is 5.46. The highest BCUT2D eigenvalue weighted by atomic mass is 16.1. The molecule has 0 aliphatic rings. The lowest BCUT2D eigenvalue weighted by Gasteiger charge is -2.27. The van der Waals surface area contributed by atoms with Gasteiger partial charge in [0, 0.05) is 29.5 Å². The van der Waals surface area contributed by atoms with Gasteiger partial charge >= 0.3 is 0 Å². The fraction of sp³-hybridized carbons (Fsp3) is 0.500. The molecule has 1 rings (SSSR count). The third-order valence-electron chi connectivity index (χ3n) is 2.81. The van der Waals surface area contributed by atoms with E-state index in [-0.39, 0.29) is 11.4 Å². The summed E-state index contributed by atoms with van der Waals surface area (Å²) in [5.74, 6) is -0.0969. The van der Waals surface area contributed by atoms with Gasteiger partial charge in [-0.1, -0.05) is 6.92 Å². The van der Waals surface area contributed by atoms with Crippen molar-refractivity contribution >= 4 is 5.91 Å². The summed E-state index contributed by atoms with van der Waals surface area (Å²) >= 11 is 0. The number of carbonyl (C=O) groups is 1. The summed E-state index contributed by atoms with van der Waals surface area (Å²) in [4.78, 5) is 16.0. The quantitative estimate of drug-likeness (QED) is 0.804. The molecule has 1 heterocycles. The van der Waals surface area contributed by atoms with Crippen LogP contribution in [0.3, 0.4) is 0 Å². The molecule has 4 nitrogen and oxygen atoms in total. The Hall–Kier alpha value is -1.42. The first-order chi connectivity index (χ1) is 7.50. The van der Waals surface area contributed by atoms with Gasteiger partial charge in [0.15, 0.2) is 0 Å². The monoisotopic (exact) mass is 221 g/mol. The van der Waals surface area contributed by atoms with Crippen LogP contribution in [0.2, 0.25) is 0 Å². The van der Waals surface area contributed by atoms with Crippen LogP contribution in [0.5, 0.6) is 0 Å². The first-order valence-electron chi connectivity index (χ1n) is 5.46. The molecule has 0 aliphatic heterocycles. The van der Waals surface area contributed by atoms with E-state index in [9.17, 15) is 4.79 Å². The van der Waals surface area contributed by atoms with Crippen molar-refractivity contribution in [1.82, 2.24) is 10.3 Å². The number of nitrogens with two attached hydrogens (primary N) is 1. The molecule has 1 amide bonds. The van der Waals surface area contributed by atoms with Gasteiger partial charge in [0.05, 0.1) is 0 Å². The highest BCUT2D eigenvalue weighted by Crippen LogP contribution is 2.09. The van der Waals surface area contributed by atoms with Crippen LogP contribution >= 0.6 is 0 Å². The van der Waals surface area contributed by atoms with E-state index in [1.165, 1.54) is 0 Å². The predicted octanol–water partition coefficient (Wildman–Crippen LogP) is 1.25. The summed E-state index contributed by atoms with van der Waals surface area (Å²) in [6.07, 6.45) is 2.44. The Morgan fingerprint density at radius 2 is 2.31 bits per heavy atom. The summed E-state index contributed by atoms with van der Waals surface area (Å²) < 4.78 is 0. The van der Waals surface area contributed by atoms with Gasteiger partial charge in [0.2, 0.25) is 0 Å². The minimum atomic E-state index is -0.339. The first kappa shape index (κ1) is 12.6. The van der Waals surface area contributed by atoms with Crippen LogP contribution in [0, 0.1) is 6.92 Å². The molecule has 0 bridgehead atoms. The molecule has 1 aromatic heterocycles. The van der Waals surface area contributed by atoms with E-state index in [2.05, 4.69) is 10.3 Å². The number of rotatable bonds is 4. The van der Waals surface area contributed by atoms with E-state index in [4.69, 9.17) is 5.73 Å². The number of hydrogen-bond acceptors (Lipinski definition) is 3. The second-order valence-electron chi connectivity index (χ2n) is 4.26. The Balaban J connectivity index is 2.80. The molecular weight excluding hydrogens is 202 g/mol. The Labute approximate surface area is 96.3 Å². The maximum atomic E-state index is 11.9. The van der Waals surface area contributed by atoms with E-state index in [1.54, 1.807) is 18.3 Å². The summed E-state index contributed by atoms with van der Waals surface area (Å²) in [5, 5.41) is 2.94. The fourth-order valence-electron chi connectivity index (χ4n) is 1.32. The van der Waals surface area contributed by atoms with Crippen LogP contribution in [-0.2, 0) is 0 Å². The molecule has 0 saturated carbocycles. The topological polar surface area (TPSA) is 68.0 Å². The lowest BCUT2D eigenvalue weighted by Crippen LogP contribution is -2.50. The normalized spacial score (nSPS) is 14.2. The van der Waals surface area contributed by atoms with Crippen LogP contribution in [0.4, 0.5) is 0 Å². The number of aryl methyl sites for hydroxylation is 1. The Kier molecular flexibility index (Phi) is 4.01. The minimum Gasteiger partial charge on any atom is -0.346 e. The van der Waals surface area contributed by atoms with Gasteiger partial charge in [0.1, 0.15) is 0 Å². The second kappa shape index (κ2) is 5.07. The highest BCUT2D eigenvalue weighted by Gasteiger charge is 2.22. The lowest BCUT2D eigenvalue weighted by atomic mass is 9.98. The predicted molar refractivity (Wildman–Crippen MR) is 64.2 cm³/mol. The van der Waals surface area contributed by atoms with Crippen molar-refractivity contribution in [3.8, 4) is 0 Å². The minimum absolute atomic E-state index is 0.0969. The Bertz CT molecular complexity index is 372. The zero-order valence-corrected chi connectivity index (χ0v) is 10.1. The third kappa shape index (κ3) is 3.03. The molecule has 0 radical (unpaired) electrons. The van der Waals surface area contributed by atoms with Gasteiger partial charge in [-0.3, -0.25) is 9.78 Å². The molecule has 0 saturated heterocycles. The van der Waals surface area contributed by atoms with E-state index >= 15 is 0 Å². The Morgan fingerprint density at radius 1 is 1.62 bits per heavy atom. The standard InChI is InChI=1S/C12H19N3O/c1-4-12(3,8-13)15-11(16)10-5-6-14-9(2)7-10/h5-7H,4,8,13H2,1-3H3,(H,15,16). The molecule has 3 N–H and O–H groups in total.